The number of aromatic nitrogens is 2. The summed E-state index contributed by atoms with van der Waals surface area (Å²) >= 11 is 1.70. The van der Waals surface area contributed by atoms with Gasteiger partial charge < -0.3 is 5.73 Å². The van der Waals surface area contributed by atoms with E-state index < -0.39 is 10.0 Å². The molecule has 0 aliphatic carbocycles. The van der Waals surface area contributed by atoms with Crippen molar-refractivity contribution < 1.29 is 8.42 Å². The first-order valence-corrected chi connectivity index (χ1v) is 8.61. The van der Waals surface area contributed by atoms with Gasteiger partial charge in [0.15, 0.2) is 0 Å². The van der Waals surface area contributed by atoms with Crippen molar-refractivity contribution in [2.75, 3.05) is 18.6 Å². The second-order valence-electron chi connectivity index (χ2n) is 4.03. The van der Waals surface area contributed by atoms with Crippen molar-refractivity contribution in [1.29, 1.82) is 0 Å². The molecule has 3 N–H and O–H groups in total. The number of nitrogens with one attached hydrogen (secondary N) is 1. The molecule has 0 aliphatic heterocycles. The summed E-state index contributed by atoms with van der Waals surface area (Å²) in [6, 6.07) is -0.0830. The summed E-state index contributed by atoms with van der Waals surface area (Å²) in [6.45, 7) is 2.80. The van der Waals surface area contributed by atoms with Crippen LogP contribution in [0.15, 0.2) is 17.3 Å². The van der Waals surface area contributed by atoms with Crippen LogP contribution in [0.4, 0.5) is 0 Å². The van der Waals surface area contributed by atoms with Crippen LogP contribution in [-0.2, 0) is 16.6 Å². The molecule has 6 nitrogen and oxygen atoms in total. The van der Waals surface area contributed by atoms with Crippen molar-refractivity contribution in [2.24, 2.45) is 5.73 Å². The number of rotatable bonds is 8. The lowest BCUT2D eigenvalue weighted by Gasteiger charge is -2.12. The minimum Gasteiger partial charge on any atom is -0.329 e. The van der Waals surface area contributed by atoms with E-state index in [0.717, 1.165) is 12.2 Å². The maximum absolute atomic E-state index is 12.0. The molecule has 1 unspecified atom stereocenters. The third-order valence-corrected chi connectivity index (χ3v) is 4.58. The average Bonchev–Trinajstić information content (AvgIpc) is 2.75. The summed E-state index contributed by atoms with van der Waals surface area (Å²) in [6.07, 6.45) is 5.64. The van der Waals surface area contributed by atoms with Crippen LogP contribution >= 0.6 is 11.8 Å². The Bertz CT molecular complexity index is 458. The highest BCUT2D eigenvalue weighted by atomic mass is 32.2. The van der Waals surface area contributed by atoms with Gasteiger partial charge in [-0.1, -0.05) is 0 Å². The number of nitrogens with two attached hydrogens (primary N) is 1. The summed E-state index contributed by atoms with van der Waals surface area (Å²) in [5.74, 6) is 0.927. The quantitative estimate of drug-likeness (QED) is 0.717. The molecule has 0 aromatic carbocycles. The lowest BCUT2D eigenvalue weighted by atomic mass is 10.3. The van der Waals surface area contributed by atoms with Gasteiger partial charge in [-0.05, 0) is 25.4 Å². The molecule has 18 heavy (non-hydrogen) atoms. The summed E-state index contributed by atoms with van der Waals surface area (Å²) in [5.41, 5.74) is 5.39. The Labute approximate surface area is 112 Å². The van der Waals surface area contributed by atoms with Crippen molar-refractivity contribution in [3.63, 3.8) is 0 Å². The van der Waals surface area contributed by atoms with Crippen molar-refractivity contribution >= 4 is 21.8 Å². The van der Waals surface area contributed by atoms with Crippen molar-refractivity contribution in [3.8, 4) is 0 Å². The second kappa shape index (κ2) is 7.13. The van der Waals surface area contributed by atoms with Gasteiger partial charge >= 0.3 is 0 Å². The Morgan fingerprint density at radius 1 is 1.61 bits per heavy atom. The Balaban J connectivity index is 2.67. The maximum Gasteiger partial charge on any atom is 0.243 e. The van der Waals surface area contributed by atoms with E-state index >= 15 is 0 Å². The van der Waals surface area contributed by atoms with Gasteiger partial charge in [0.2, 0.25) is 10.0 Å². The Morgan fingerprint density at radius 2 is 2.33 bits per heavy atom. The fraction of sp³-hybridized carbons (Fsp3) is 0.700. The Morgan fingerprint density at radius 3 is 2.94 bits per heavy atom. The van der Waals surface area contributed by atoms with Crippen molar-refractivity contribution in [2.45, 2.75) is 30.8 Å². The van der Waals surface area contributed by atoms with Gasteiger partial charge in [0.25, 0.3) is 0 Å². The standard InChI is InChI=1S/C10H20N4O2S2/c1-9(3-6-17-2)13-18(15,16)10-7-12-14(8-10)5-4-11/h7-9,13H,3-6,11H2,1-2H3. The second-order valence-corrected chi connectivity index (χ2v) is 6.73. The molecular weight excluding hydrogens is 272 g/mol. The largest absolute Gasteiger partial charge is 0.329 e. The molecule has 0 bridgehead atoms. The fourth-order valence-electron chi connectivity index (χ4n) is 1.42. The van der Waals surface area contributed by atoms with E-state index in [1.54, 1.807) is 11.8 Å². The number of thioether (sulfide) groups is 1. The van der Waals surface area contributed by atoms with Crippen LogP contribution in [0.5, 0.6) is 0 Å². The van der Waals surface area contributed by atoms with Crippen LogP contribution in [0.2, 0.25) is 0 Å². The topological polar surface area (TPSA) is 90.0 Å². The van der Waals surface area contributed by atoms with Gasteiger partial charge in [-0.25, -0.2) is 13.1 Å². The molecule has 0 fully saturated rings. The van der Waals surface area contributed by atoms with E-state index in [9.17, 15) is 8.42 Å². The van der Waals surface area contributed by atoms with E-state index in [2.05, 4.69) is 9.82 Å². The third kappa shape index (κ3) is 4.60. The van der Waals surface area contributed by atoms with Gasteiger partial charge in [-0.3, -0.25) is 4.68 Å². The zero-order chi connectivity index (χ0) is 13.6. The lowest BCUT2D eigenvalue weighted by Crippen LogP contribution is -2.32. The summed E-state index contributed by atoms with van der Waals surface area (Å²) in [5, 5.41) is 3.96. The van der Waals surface area contributed by atoms with E-state index in [0.29, 0.717) is 13.1 Å². The number of nitrogens with zero attached hydrogens (tertiary/aromatic N) is 2. The molecule has 0 radical (unpaired) electrons. The van der Waals surface area contributed by atoms with Crippen LogP contribution in [-0.4, -0.2) is 42.8 Å². The molecule has 0 amide bonds. The minimum absolute atomic E-state index is 0.0830. The molecule has 1 atom stereocenters. The number of hydrogen-bond acceptors (Lipinski definition) is 5. The molecule has 0 saturated carbocycles. The fourth-order valence-corrected chi connectivity index (χ4v) is 3.24. The lowest BCUT2D eigenvalue weighted by molar-refractivity contribution is 0.556. The van der Waals surface area contributed by atoms with Crippen molar-refractivity contribution in [1.82, 2.24) is 14.5 Å². The van der Waals surface area contributed by atoms with Gasteiger partial charge in [-0.15, -0.1) is 0 Å². The Kier molecular flexibility index (Phi) is 6.13. The maximum atomic E-state index is 12.0. The molecule has 1 heterocycles. The summed E-state index contributed by atoms with van der Waals surface area (Å²) in [4.78, 5) is 0.187. The summed E-state index contributed by atoms with van der Waals surface area (Å²) < 4.78 is 28.2. The molecule has 1 aromatic rings. The molecule has 1 rings (SSSR count). The molecule has 1 aromatic heterocycles. The van der Waals surface area contributed by atoms with Gasteiger partial charge in [0.05, 0.1) is 12.7 Å². The highest BCUT2D eigenvalue weighted by molar-refractivity contribution is 7.98. The first kappa shape index (κ1) is 15.5. The predicted octanol–water partition coefficient (Wildman–Crippen LogP) is 0.262. The molecule has 0 aliphatic rings. The molecule has 104 valence electrons. The smallest absolute Gasteiger partial charge is 0.243 e. The normalized spacial score (nSPS) is 13.7. The predicted molar refractivity (Wildman–Crippen MR) is 74.1 cm³/mol. The van der Waals surface area contributed by atoms with Gasteiger partial charge in [-0.2, -0.15) is 16.9 Å². The van der Waals surface area contributed by atoms with Crippen molar-refractivity contribution in [3.05, 3.63) is 12.4 Å². The van der Waals surface area contributed by atoms with Crippen LogP contribution in [0.3, 0.4) is 0 Å². The van der Waals surface area contributed by atoms with Crippen LogP contribution in [0.25, 0.3) is 0 Å². The molecular formula is C10H20N4O2S2. The highest BCUT2D eigenvalue weighted by Gasteiger charge is 2.18. The SMILES string of the molecule is CSCCC(C)NS(=O)(=O)c1cnn(CCN)c1. The monoisotopic (exact) mass is 292 g/mol. The molecule has 8 heteroatoms. The molecule has 0 saturated heterocycles. The van der Waals surface area contributed by atoms with Gasteiger partial charge in [0.1, 0.15) is 4.90 Å². The zero-order valence-electron chi connectivity index (χ0n) is 10.7. The van der Waals surface area contributed by atoms with Crippen LogP contribution < -0.4 is 10.5 Å². The Hall–Kier alpha value is -0.570. The van der Waals surface area contributed by atoms with E-state index in [4.69, 9.17) is 5.73 Å². The third-order valence-electron chi connectivity index (χ3n) is 2.39. The number of sulfonamides is 1. The minimum atomic E-state index is -3.47. The summed E-state index contributed by atoms with van der Waals surface area (Å²) in [7, 11) is -3.47. The van der Waals surface area contributed by atoms with Crippen LogP contribution in [0, 0.1) is 0 Å². The van der Waals surface area contributed by atoms with E-state index in [-0.39, 0.29) is 10.9 Å². The first-order chi connectivity index (χ1) is 8.49. The van der Waals surface area contributed by atoms with E-state index in [1.165, 1.54) is 17.1 Å². The number of hydrogen-bond donors (Lipinski definition) is 2. The van der Waals surface area contributed by atoms with E-state index in [1.807, 2.05) is 13.2 Å². The highest BCUT2D eigenvalue weighted by Crippen LogP contribution is 2.09. The molecule has 0 spiro atoms. The average molecular weight is 292 g/mol. The van der Waals surface area contributed by atoms with Crippen LogP contribution in [0.1, 0.15) is 13.3 Å². The first-order valence-electron chi connectivity index (χ1n) is 5.73. The van der Waals surface area contributed by atoms with Gasteiger partial charge in [0, 0.05) is 18.8 Å². The zero-order valence-corrected chi connectivity index (χ0v) is 12.3.